The molecule has 1 N–H and O–H groups in total. The maximum Gasteiger partial charge on any atom is 0.373 e. The summed E-state index contributed by atoms with van der Waals surface area (Å²) >= 11 is 0. The van der Waals surface area contributed by atoms with Crippen LogP contribution in [0.25, 0.3) is 11.0 Å². The number of esters is 1. The van der Waals surface area contributed by atoms with Crippen LogP contribution in [-0.4, -0.2) is 50.8 Å². The highest BCUT2D eigenvalue weighted by Crippen LogP contribution is 2.32. The number of piperazine rings is 1. The van der Waals surface area contributed by atoms with Crippen molar-refractivity contribution in [1.82, 2.24) is 10.2 Å². The molecular formula is C17H22N2O4. The fourth-order valence-corrected chi connectivity index (χ4v) is 3.05. The topological polar surface area (TPSA) is 63.9 Å². The molecule has 6 heteroatoms. The summed E-state index contributed by atoms with van der Waals surface area (Å²) in [5, 5.41) is 4.34. The predicted octanol–water partition coefficient (Wildman–Crippen LogP) is 2.02. The van der Waals surface area contributed by atoms with Crippen molar-refractivity contribution in [3.63, 3.8) is 0 Å². The van der Waals surface area contributed by atoms with Crippen molar-refractivity contribution in [2.45, 2.75) is 19.5 Å². The molecule has 1 atom stereocenters. The molecule has 0 unspecified atom stereocenters. The number of nitrogens with zero attached hydrogens (tertiary/aromatic N) is 1. The second-order valence-corrected chi connectivity index (χ2v) is 5.86. The number of fused-ring (bicyclic) bond motifs is 1. The molecule has 2 heterocycles. The van der Waals surface area contributed by atoms with Crippen molar-refractivity contribution in [3.05, 3.63) is 29.5 Å². The lowest BCUT2D eigenvalue weighted by atomic mass is 10.1. The molecule has 124 valence electrons. The van der Waals surface area contributed by atoms with Gasteiger partial charge in [-0.05, 0) is 24.6 Å². The van der Waals surface area contributed by atoms with E-state index in [0.29, 0.717) is 17.4 Å². The first-order valence-corrected chi connectivity index (χ1v) is 7.76. The molecule has 1 aliphatic heterocycles. The fraction of sp³-hybridized carbons (Fsp3) is 0.471. The van der Waals surface area contributed by atoms with Crippen LogP contribution in [0.2, 0.25) is 0 Å². The average molecular weight is 318 g/mol. The molecule has 1 aromatic carbocycles. The van der Waals surface area contributed by atoms with Crippen LogP contribution >= 0.6 is 0 Å². The van der Waals surface area contributed by atoms with Gasteiger partial charge in [-0.3, -0.25) is 4.90 Å². The van der Waals surface area contributed by atoms with Crippen molar-refractivity contribution >= 4 is 16.9 Å². The minimum atomic E-state index is -0.481. The zero-order valence-corrected chi connectivity index (χ0v) is 13.7. The minimum absolute atomic E-state index is 0.196. The number of furan rings is 1. The van der Waals surface area contributed by atoms with Gasteiger partial charge in [0.15, 0.2) is 11.3 Å². The molecule has 3 rings (SSSR count). The lowest BCUT2D eigenvalue weighted by molar-refractivity contribution is 0.0567. The average Bonchev–Trinajstić information content (AvgIpc) is 3.00. The molecule has 0 bridgehead atoms. The third-order valence-corrected chi connectivity index (χ3v) is 4.19. The van der Waals surface area contributed by atoms with Crippen LogP contribution in [0.5, 0.6) is 5.75 Å². The lowest BCUT2D eigenvalue weighted by Gasteiger charge is -2.31. The van der Waals surface area contributed by atoms with E-state index in [1.165, 1.54) is 7.11 Å². The normalized spacial score (nSPS) is 19.0. The van der Waals surface area contributed by atoms with Crippen LogP contribution in [-0.2, 0) is 11.3 Å². The van der Waals surface area contributed by atoms with Gasteiger partial charge in [0, 0.05) is 37.6 Å². The van der Waals surface area contributed by atoms with Crippen molar-refractivity contribution in [2.24, 2.45) is 0 Å². The zero-order valence-electron chi connectivity index (χ0n) is 13.7. The van der Waals surface area contributed by atoms with E-state index >= 15 is 0 Å². The number of rotatable bonds is 4. The summed E-state index contributed by atoms with van der Waals surface area (Å²) in [6.45, 7) is 5.98. The number of benzene rings is 1. The standard InChI is InChI=1S/C17H22N2O4/c1-11-9-19(7-6-18-11)10-12-4-5-14(21-2)16-13(12)8-15(23-16)17(20)22-3/h4-5,8,11,18H,6-7,9-10H2,1-3H3/t11-/m0/s1. The SMILES string of the molecule is COC(=O)c1cc2c(CN3CCN[C@@H](C)C3)ccc(OC)c2o1. The first kappa shape index (κ1) is 15.8. The zero-order chi connectivity index (χ0) is 16.4. The van der Waals surface area contributed by atoms with Crippen LogP contribution in [0.3, 0.4) is 0 Å². The minimum Gasteiger partial charge on any atom is -0.493 e. The Balaban J connectivity index is 1.96. The van der Waals surface area contributed by atoms with Crippen molar-refractivity contribution in [3.8, 4) is 5.75 Å². The number of carbonyl (C=O) groups is 1. The molecule has 23 heavy (non-hydrogen) atoms. The Morgan fingerprint density at radius 1 is 1.43 bits per heavy atom. The summed E-state index contributed by atoms with van der Waals surface area (Å²) in [5.41, 5.74) is 1.71. The lowest BCUT2D eigenvalue weighted by Crippen LogP contribution is -2.48. The van der Waals surface area contributed by atoms with Crippen LogP contribution < -0.4 is 10.1 Å². The summed E-state index contributed by atoms with van der Waals surface area (Å²) in [5.74, 6) is 0.333. The third kappa shape index (κ3) is 3.18. The van der Waals surface area contributed by atoms with Crippen molar-refractivity contribution in [1.29, 1.82) is 0 Å². The summed E-state index contributed by atoms with van der Waals surface area (Å²) in [6, 6.07) is 6.13. The molecule has 0 saturated carbocycles. The smallest absolute Gasteiger partial charge is 0.373 e. The van der Waals surface area contributed by atoms with E-state index in [0.717, 1.165) is 37.1 Å². The van der Waals surface area contributed by atoms with E-state index in [2.05, 4.69) is 17.1 Å². The summed E-state index contributed by atoms with van der Waals surface area (Å²) in [6.07, 6.45) is 0. The number of ether oxygens (including phenoxy) is 2. The number of methoxy groups -OCH3 is 2. The van der Waals surface area contributed by atoms with E-state index < -0.39 is 5.97 Å². The quantitative estimate of drug-likeness (QED) is 0.870. The van der Waals surface area contributed by atoms with Crippen molar-refractivity contribution in [2.75, 3.05) is 33.9 Å². The maximum atomic E-state index is 11.8. The summed E-state index contributed by atoms with van der Waals surface area (Å²) in [7, 11) is 2.93. The van der Waals surface area contributed by atoms with E-state index in [4.69, 9.17) is 13.9 Å². The molecular weight excluding hydrogens is 296 g/mol. The van der Waals surface area contributed by atoms with Gasteiger partial charge in [0.2, 0.25) is 5.76 Å². The number of hydrogen-bond acceptors (Lipinski definition) is 6. The molecule has 6 nitrogen and oxygen atoms in total. The Morgan fingerprint density at radius 3 is 2.96 bits per heavy atom. The molecule has 0 spiro atoms. The van der Waals surface area contributed by atoms with Crippen LogP contribution in [0.1, 0.15) is 23.0 Å². The first-order valence-electron chi connectivity index (χ1n) is 7.76. The van der Waals surface area contributed by atoms with E-state index in [9.17, 15) is 4.79 Å². The summed E-state index contributed by atoms with van der Waals surface area (Å²) < 4.78 is 15.8. The highest BCUT2D eigenvalue weighted by Gasteiger charge is 2.21. The Morgan fingerprint density at radius 2 is 2.26 bits per heavy atom. The van der Waals surface area contributed by atoms with Gasteiger partial charge in [0.05, 0.1) is 14.2 Å². The highest BCUT2D eigenvalue weighted by molar-refractivity contribution is 5.95. The number of carbonyl (C=O) groups excluding carboxylic acids is 1. The van der Waals surface area contributed by atoms with Crippen LogP contribution in [0.4, 0.5) is 0 Å². The van der Waals surface area contributed by atoms with Gasteiger partial charge in [0.1, 0.15) is 0 Å². The molecule has 1 saturated heterocycles. The second kappa shape index (κ2) is 6.60. The molecule has 0 radical (unpaired) electrons. The Hall–Kier alpha value is -2.05. The molecule has 2 aromatic rings. The second-order valence-electron chi connectivity index (χ2n) is 5.86. The van der Waals surface area contributed by atoms with Gasteiger partial charge in [0.25, 0.3) is 0 Å². The fourth-order valence-electron chi connectivity index (χ4n) is 3.05. The van der Waals surface area contributed by atoms with E-state index in [1.807, 2.05) is 12.1 Å². The van der Waals surface area contributed by atoms with Gasteiger partial charge >= 0.3 is 5.97 Å². The van der Waals surface area contributed by atoms with E-state index in [1.54, 1.807) is 13.2 Å². The van der Waals surface area contributed by atoms with Crippen LogP contribution in [0.15, 0.2) is 22.6 Å². The Bertz CT molecular complexity index is 710. The van der Waals surface area contributed by atoms with Crippen molar-refractivity contribution < 1.29 is 18.7 Å². The van der Waals surface area contributed by atoms with Gasteiger partial charge < -0.3 is 19.2 Å². The highest BCUT2D eigenvalue weighted by atomic mass is 16.5. The maximum absolute atomic E-state index is 11.8. The molecule has 1 aliphatic rings. The molecule has 1 fully saturated rings. The molecule has 0 aliphatic carbocycles. The first-order chi connectivity index (χ1) is 11.1. The monoisotopic (exact) mass is 318 g/mol. The molecule has 1 aromatic heterocycles. The Labute approximate surface area is 135 Å². The largest absolute Gasteiger partial charge is 0.493 e. The molecule has 0 amide bonds. The van der Waals surface area contributed by atoms with Gasteiger partial charge in [-0.25, -0.2) is 4.79 Å². The van der Waals surface area contributed by atoms with Gasteiger partial charge in [-0.15, -0.1) is 0 Å². The van der Waals surface area contributed by atoms with E-state index in [-0.39, 0.29) is 5.76 Å². The number of nitrogens with one attached hydrogen (secondary N) is 1. The van der Waals surface area contributed by atoms with Crippen LogP contribution in [0, 0.1) is 0 Å². The Kier molecular flexibility index (Phi) is 4.54. The third-order valence-electron chi connectivity index (χ3n) is 4.19. The summed E-state index contributed by atoms with van der Waals surface area (Å²) in [4.78, 5) is 14.1. The number of hydrogen-bond donors (Lipinski definition) is 1. The predicted molar refractivity (Wildman–Crippen MR) is 86.8 cm³/mol. The van der Waals surface area contributed by atoms with Gasteiger partial charge in [-0.1, -0.05) is 6.07 Å². The van der Waals surface area contributed by atoms with Gasteiger partial charge in [-0.2, -0.15) is 0 Å².